The van der Waals surface area contributed by atoms with E-state index in [9.17, 15) is 0 Å². The average Bonchev–Trinajstić information content (AvgIpc) is 2.48. The highest BCUT2D eigenvalue weighted by atomic mass is 32.1. The van der Waals surface area contributed by atoms with Gasteiger partial charge in [-0.3, -0.25) is 4.90 Å². The highest BCUT2D eigenvalue weighted by molar-refractivity contribution is 7.09. The van der Waals surface area contributed by atoms with Crippen LogP contribution >= 0.6 is 11.3 Å². The normalized spacial score (nSPS) is 10.3. The van der Waals surface area contributed by atoms with E-state index >= 15 is 0 Å². The van der Waals surface area contributed by atoms with Crippen LogP contribution in [0.1, 0.15) is 17.1 Å². The quantitative estimate of drug-likeness (QED) is 0.735. The molecule has 4 heteroatoms. The van der Waals surface area contributed by atoms with Gasteiger partial charge < -0.3 is 0 Å². The Labute approximate surface area is 82.6 Å². The van der Waals surface area contributed by atoms with Gasteiger partial charge in [-0.05, 0) is 14.0 Å². The van der Waals surface area contributed by atoms with Gasteiger partial charge in [0.2, 0.25) is 0 Å². The van der Waals surface area contributed by atoms with Gasteiger partial charge in [0.05, 0.1) is 16.8 Å². The summed E-state index contributed by atoms with van der Waals surface area (Å²) in [7, 11) is 2.01. The molecule has 0 aromatic carbocycles. The minimum atomic E-state index is 0.583. The van der Waals surface area contributed by atoms with Crippen LogP contribution in [0.2, 0.25) is 0 Å². The highest BCUT2D eigenvalue weighted by Crippen LogP contribution is 2.09. The molecular formula is C9H13N3S. The van der Waals surface area contributed by atoms with Crippen molar-refractivity contribution in [3.63, 3.8) is 0 Å². The van der Waals surface area contributed by atoms with Crippen molar-refractivity contribution >= 4 is 11.3 Å². The van der Waals surface area contributed by atoms with E-state index in [2.05, 4.69) is 21.3 Å². The Balaban J connectivity index is 2.37. The number of thiazole rings is 1. The third-order valence-corrected chi connectivity index (χ3v) is 2.53. The summed E-state index contributed by atoms with van der Waals surface area (Å²) in [4.78, 5) is 6.46. The first-order valence-electron chi connectivity index (χ1n) is 4.19. The van der Waals surface area contributed by atoms with Crippen LogP contribution in [-0.2, 0) is 6.54 Å². The molecule has 1 rings (SSSR count). The van der Waals surface area contributed by atoms with Gasteiger partial charge in [0.15, 0.2) is 0 Å². The summed E-state index contributed by atoms with van der Waals surface area (Å²) in [6.45, 7) is 3.66. The van der Waals surface area contributed by atoms with Crippen LogP contribution in [-0.4, -0.2) is 23.5 Å². The minimum Gasteiger partial charge on any atom is -0.299 e. The van der Waals surface area contributed by atoms with Gasteiger partial charge in [0.1, 0.15) is 0 Å². The molecule has 1 aromatic heterocycles. The lowest BCUT2D eigenvalue weighted by molar-refractivity contribution is 0.331. The lowest BCUT2D eigenvalue weighted by Crippen LogP contribution is -2.18. The molecule has 0 unspecified atom stereocenters. The summed E-state index contributed by atoms with van der Waals surface area (Å²) >= 11 is 1.67. The van der Waals surface area contributed by atoms with Crippen molar-refractivity contribution in [2.75, 3.05) is 13.6 Å². The third-order valence-electron chi connectivity index (χ3n) is 1.70. The largest absolute Gasteiger partial charge is 0.299 e. The number of nitriles is 1. The second-order valence-electron chi connectivity index (χ2n) is 3.00. The molecule has 70 valence electrons. The smallest absolute Gasteiger partial charge is 0.0897 e. The maximum absolute atomic E-state index is 8.40. The van der Waals surface area contributed by atoms with Crippen LogP contribution in [0, 0.1) is 18.3 Å². The first-order valence-corrected chi connectivity index (χ1v) is 5.07. The lowest BCUT2D eigenvalue weighted by atomic mass is 10.4. The van der Waals surface area contributed by atoms with E-state index in [1.165, 1.54) is 0 Å². The fourth-order valence-electron chi connectivity index (χ4n) is 1.08. The fourth-order valence-corrected chi connectivity index (χ4v) is 1.68. The SMILES string of the molecule is Cc1nc(CN(C)CCC#N)cs1. The zero-order valence-corrected chi connectivity index (χ0v) is 8.77. The number of aromatic nitrogens is 1. The number of hydrogen-bond donors (Lipinski definition) is 0. The topological polar surface area (TPSA) is 39.9 Å². The molecule has 0 bridgehead atoms. The second kappa shape index (κ2) is 4.95. The van der Waals surface area contributed by atoms with Crippen LogP contribution < -0.4 is 0 Å². The van der Waals surface area contributed by atoms with Crippen molar-refractivity contribution in [3.05, 3.63) is 16.1 Å². The van der Waals surface area contributed by atoms with Gasteiger partial charge in [-0.2, -0.15) is 5.26 Å². The molecule has 0 aliphatic rings. The molecule has 1 aromatic rings. The molecule has 0 aliphatic heterocycles. The Morgan fingerprint density at radius 3 is 3.00 bits per heavy atom. The van der Waals surface area contributed by atoms with Gasteiger partial charge in [-0.25, -0.2) is 4.98 Å². The Kier molecular flexibility index (Phi) is 3.87. The molecule has 0 saturated carbocycles. The fraction of sp³-hybridized carbons (Fsp3) is 0.556. The summed E-state index contributed by atoms with van der Waals surface area (Å²) in [5, 5.41) is 11.6. The van der Waals surface area contributed by atoms with Gasteiger partial charge in [-0.15, -0.1) is 11.3 Å². The molecule has 13 heavy (non-hydrogen) atoms. The predicted octanol–water partition coefficient (Wildman–Crippen LogP) is 1.80. The summed E-state index contributed by atoms with van der Waals surface area (Å²) in [5.74, 6) is 0. The van der Waals surface area contributed by atoms with Crippen LogP contribution in [0.4, 0.5) is 0 Å². The Bertz CT molecular complexity index is 300. The van der Waals surface area contributed by atoms with Gasteiger partial charge in [-0.1, -0.05) is 0 Å². The van der Waals surface area contributed by atoms with E-state index in [1.54, 1.807) is 11.3 Å². The molecule has 1 heterocycles. The standard InChI is InChI=1S/C9H13N3S/c1-8-11-9(7-13-8)6-12(2)5-3-4-10/h7H,3,5-6H2,1-2H3. The van der Waals surface area contributed by atoms with E-state index in [0.717, 1.165) is 23.8 Å². The molecule has 0 fully saturated rings. The number of hydrogen-bond acceptors (Lipinski definition) is 4. The molecule has 0 saturated heterocycles. The van der Waals surface area contributed by atoms with Crippen molar-refractivity contribution in [2.45, 2.75) is 19.9 Å². The first-order chi connectivity index (χ1) is 6.22. The van der Waals surface area contributed by atoms with Crippen molar-refractivity contribution in [3.8, 4) is 6.07 Å². The zero-order chi connectivity index (χ0) is 9.68. The first kappa shape index (κ1) is 10.2. The Hall–Kier alpha value is -0.920. The van der Waals surface area contributed by atoms with E-state index in [1.807, 2.05) is 14.0 Å². The lowest BCUT2D eigenvalue weighted by Gasteiger charge is -2.12. The summed E-state index contributed by atoms with van der Waals surface area (Å²) in [6.07, 6.45) is 0.583. The Morgan fingerprint density at radius 1 is 1.69 bits per heavy atom. The number of aryl methyl sites for hydroxylation is 1. The molecular weight excluding hydrogens is 182 g/mol. The van der Waals surface area contributed by atoms with Crippen LogP contribution in [0.15, 0.2) is 5.38 Å². The number of rotatable bonds is 4. The summed E-state index contributed by atoms with van der Waals surface area (Å²) in [5.41, 5.74) is 1.10. The van der Waals surface area contributed by atoms with Crippen LogP contribution in [0.5, 0.6) is 0 Å². The van der Waals surface area contributed by atoms with E-state index in [-0.39, 0.29) is 0 Å². The minimum absolute atomic E-state index is 0.583. The second-order valence-corrected chi connectivity index (χ2v) is 4.07. The molecule has 3 nitrogen and oxygen atoms in total. The van der Waals surface area contributed by atoms with Crippen molar-refractivity contribution in [2.24, 2.45) is 0 Å². The predicted molar refractivity (Wildman–Crippen MR) is 53.4 cm³/mol. The van der Waals surface area contributed by atoms with E-state index in [4.69, 9.17) is 5.26 Å². The molecule has 0 amide bonds. The van der Waals surface area contributed by atoms with Crippen molar-refractivity contribution in [1.29, 1.82) is 5.26 Å². The van der Waals surface area contributed by atoms with E-state index in [0.29, 0.717) is 6.42 Å². The third kappa shape index (κ3) is 3.53. The molecule has 0 N–H and O–H groups in total. The van der Waals surface area contributed by atoms with Crippen LogP contribution in [0.3, 0.4) is 0 Å². The molecule has 0 radical (unpaired) electrons. The van der Waals surface area contributed by atoms with Gasteiger partial charge in [0.25, 0.3) is 0 Å². The van der Waals surface area contributed by atoms with Crippen molar-refractivity contribution < 1.29 is 0 Å². The molecule has 0 aliphatic carbocycles. The maximum atomic E-state index is 8.40. The summed E-state index contributed by atoms with van der Waals surface area (Å²) < 4.78 is 0. The monoisotopic (exact) mass is 195 g/mol. The molecule has 0 atom stereocenters. The average molecular weight is 195 g/mol. The number of nitrogens with zero attached hydrogens (tertiary/aromatic N) is 3. The summed E-state index contributed by atoms with van der Waals surface area (Å²) in [6, 6.07) is 2.13. The maximum Gasteiger partial charge on any atom is 0.0897 e. The van der Waals surface area contributed by atoms with Gasteiger partial charge in [0, 0.05) is 24.9 Å². The highest BCUT2D eigenvalue weighted by Gasteiger charge is 2.02. The van der Waals surface area contributed by atoms with Crippen LogP contribution in [0.25, 0.3) is 0 Å². The molecule has 0 spiro atoms. The van der Waals surface area contributed by atoms with Crippen molar-refractivity contribution in [1.82, 2.24) is 9.88 Å². The zero-order valence-electron chi connectivity index (χ0n) is 7.95. The van der Waals surface area contributed by atoms with E-state index < -0.39 is 0 Å². The Morgan fingerprint density at radius 2 is 2.46 bits per heavy atom. The van der Waals surface area contributed by atoms with Gasteiger partial charge >= 0.3 is 0 Å².